The molecule has 0 heterocycles. The number of hydrogen-bond acceptors (Lipinski definition) is 2. The van der Waals surface area contributed by atoms with Gasteiger partial charge in [-0.15, -0.1) is 0 Å². The van der Waals surface area contributed by atoms with Gasteiger partial charge in [0.15, 0.2) is 0 Å². The average Bonchev–Trinajstić information content (AvgIpc) is 2.47. The third-order valence-electron chi connectivity index (χ3n) is 3.83. The third-order valence-corrected chi connectivity index (χ3v) is 3.83. The Morgan fingerprint density at radius 2 is 2.10 bits per heavy atom. The van der Waals surface area contributed by atoms with Gasteiger partial charge >= 0.3 is 6.11 Å². The number of hydrogen-bond donors (Lipinski definition) is 0. The first-order valence-corrected chi connectivity index (χ1v) is 7.23. The maximum absolute atomic E-state index is 13.5. The highest BCUT2D eigenvalue weighted by molar-refractivity contribution is 5.35. The quantitative estimate of drug-likeness (QED) is 0.734. The fourth-order valence-corrected chi connectivity index (χ4v) is 2.56. The van der Waals surface area contributed by atoms with Crippen LogP contribution in [-0.2, 0) is 28.4 Å². The molecule has 1 atom stereocenters. The first-order chi connectivity index (χ1) is 9.56. The predicted octanol–water partition coefficient (Wildman–Crippen LogP) is 4.06. The number of unbranched alkanes of at least 4 members (excludes halogenated alkanes) is 1. The molecule has 1 aromatic rings. The van der Waals surface area contributed by atoms with Crippen molar-refractivity contribution in [3.05, 3.63) is 34.9 Å². The van der Waals surface area contributed by atoms with Gasteiger partial charge in [0.25, 0.3) is 0 Å². The summed E-state index contributed by atoms with van der Waals surface area (Å²) in [6.45, 7) is 2.92. The summed E-state index contributed by atoms with van der Waals surface area (Å²) in [4.78, 5) is 0. The molecule has 0 N–H and O–H groups in total. The van der Waals surface area contributed by atoms with Gasteiger partial charge in [0.1, 0.15) is 0 Å². The molecule has 1 aliphatic carbocycles. The van der Waals surface area contributed by atoms with Gasteiger partial charge in [0, 0.05) is 13.7 Å². The minimum atomic E-state index is -3.20. The van der Waals surface area contributed by atoms with Crippen LogP contribution < -0.4 is 0 Å². The first-order valence-electron chi connectivity index (χ1n) is 7.23. The van der Waals surface area contributed by atoms with Gasteiger partial charge < -0.3 is 9.47 Å². The second kappa shape index (κ2) is 6.64. The third kappa shape index (κ3) is 3.55. The van der Waals surface area contributed by atoms with E-state index in [2.05, 4.69) is 11.7 Å². The lowest BCUT2D eigenvalue weighted by Crippen LogP contribution is -2.24. The molecule has 0 aliphatic heterocycles. The van der Waals surface area contributed by atoms with E-state index in [4.69, 9.17) is 4.74 Å². The van der Waals surface area contributed by atoms with Crippen molar-refractivity contribution in [2.24, 2.45) is 0 Å². The van der Waals surface area contributed by atoms with Crippen LogP contribution in [0.15, 0.2) is 18.2 Å². The summed E-state index contributed by atoms with van der Waals surface area (Å²) in [7, 11) is 1.02. The van der Waals surface area contributed by atoms with E-state index in [1.807, 2.05) is 0 Å². The van der Waals surface area contributed by atoms with Gasteiger partial charge in [0.2, 0.25) is 0 Å². The molecular formula is C16H22F2O2. The summed E-state index contributed by atoms with van der Waals surface area (Å²) < 4.78 is 37.1. The number of benzene rings is 1. The molecule has 0 aromatic heterocycles. The zero-order chi connectivity index (χ0) is 14.6. The van der Waals surface area contributed by atoms with Gasteiger partial charge in [-0.25, -0.2) is 0 Å². The highest BCUT2D eigenvalue weighted by Crippen LogP contribution is 2.32. The highest BCUT2D eigenvalue weighted by atomic mass is 19.3. The van der Waals surface area contributed by atoms with Crippen LogP contribution >= 0.6 is 0 Å². The van der Waals surface area contributed by atoms with Gasteiger partial charge in [-0.3, -0.25) is 0 Å². The molecule has 0 saturated heterocycles. The second-order valence-corrected chi connectivity index (χ2v) is 5.29. The Morgan fingerprint density at radius 3 is 2.80 bits per heavy atom. The molecule has 0 amide bonds. The number of methoxy groups -OCH3 is 1. The van der Waals surface area contributed by atoms with Crippen LogP contribution in [0, 0.1) is 0 Å². The van der Waals surface area contributed by atoms with Crippen molar-refractivity contribution in [2.75, 3.05) is 13.7 Å². The lowest BCUT2D eigenvalue weighted by atomic mass is 9.88. The van der Waals surface area contributed by atoms with Crippen molar-refractivity contribution in [3.63, 3.8) is 0 Å². The van der Waals surface area contributed by atoms with Gasteiger partial charge in [-0.2, -0.15) is 8.78 Å². The van der Waals surface area contributed by atoms with E-state index in [9.17, 15) is 8.78 Å². The Hall–Kier alpha value is -1.00. The zero-order valence-electron chi connectivity index (χ0n) is 12.1. The Morgan fingerprint density at radius 1 is 1.30 bits per heavy atom. The lowest BCUT2D eigenvalue weighted by Gasteiger charge is -2.26. The molecular weight excluding hydrogens is 262 g/mol. The van der Waals surface area contributed by atoms with E-state index < -0.39 is 6.11 Å². The maximum Gasteiger partial charge on any atom is 0.383 e. The molecule has 4 heteroatoms. The number of aryl methyl sites for hydroxylation is 1. The van der Waals surface area contributed by atoms with Crippen molar-refractivity contribution < 1.29 is 18.3 Å². The van der Waals surface area contributed by atoms with Gasteiger partial charge in [-0.1, -0.05) is 25.5 Å². The van der Waals surface area contributed by atoms with Crippen LogP contribution in [0.4, 0.5) is 8.78 Å². The summed E-state index contributed by atoms with van der Waals surface area (Å²) >= 11 is 0. The van der Waals surface area contributed by atoms with Crippen LogP contribution in [0.5, 0.6) is 0 Å². The van der Waals surface area contributed by atoms with E-state index in [-0.39, 0.29) is 11.7 Å². The summed E-state index contributed by atoms with van der Waals surface area (Å²) in [6.07, 6.45) is 1.73. The molecule has 0 bridgehead atoms. The Balaban J connectivity index is 2.04. The highest BCUT2D eigenvalue weighted by Gasteiger charge is 2.32. The number of alkyl halides is 2. The molecule has 2 rings (SSSR count). The van der Waals surface area contributed by atoms with Crippen LogP contribution in [0.2, 0.25) is 0 Å². The van der Waals surface area contributed by atoms with Crippen molar-refractivity contribution >= 4 is 0 Å². The minimum absolute atomic E-state index is 0.0656. The van der Waals surface area contributed by atoms with Crippen LogP contribution in [0.25, 0.3) is 0 Å². The molecule has 20 heavy (non-hydrogen) atoms. The number of ether oxygens (including phenoxy) is 2. The maximum atomic E-state index is 13.5. The van der Waals surface area contributed by atoms with Gasteiger partial charge in [0.05, 0.1) is 11.7 Å². The van der Waals surface area contributed by atoms with Crippen LogP contribution in [0.1, 0.15) is 42.9 Å². The molecule has 1 unspecified atom stereocenters. The van der Waals surface area contributed by atoms with Crippen molar-refractivity contribution in [2.45, 2.75) is 51.2 Å². The largest absolute Gasteiger partial charge is 0.383 e. The monoisotopic (exact) mass is 284 g/mol. The van der Waals surface area contributed by atoms with Crippen LogP contribution in [0.3, 0.4) is 0 Å². The standard InChI is InChI=1S/C16H22F2O2/c1-3-4-9-20-15-8-6-12-10-14(16(17,18)19-2)7-5-13(12)11-15/h5,7,10,15H,3-4,6,8-9,11H2,1-2H3. The topological polar surface area (TPSA) is 18.5 Å². The Kier molecular flexibility index (Phi) is 5.11. The number of rotatable bonds is 6. The summed E-state index contributed by atoms with van der Waals surface area (Å²) in [6, 6.07) is 4.81. The minimum Gasteiger partial charge on any atom is -0.378 e. The van der Waals surface area contributed by atoms with Crippen LogP contribution in [-0.4, -0.2) is 19.8 Å². The average molecular weight is 284 g/mol. The normalized spacial score (nSPS) is 18.9. The fourth-order valence-electron chi connectivity index (χ4n) is 2.56. The number of fused-ring (bicyclic) bond motifs is 1. The SMILES string of the molecule is CCCCOC1CCc2cc(C(F)(F)OC)ccc2C1. The summed E-state index contributed by atoms with van der Waals surface area (Å²) in [5.74, 6) is 0. The fraction of sp³-hybridized carbons (Fsp3) is 0.625. The predicted molar refractivity (Wildman–Crippen MR) is 74.0 cm³/mol. The van der Waals surface area contributed by atoms with E-state index in [1.165, 1.54) is 6.07 Å². The molecule has 0 spiro atoms. The van der Waals surface area contributed by atoms with Crippen molar-refractivity contribution in [3.8, 4) is 0 Å². The van der Waals surface area contributed by atoms with Crippen molar-refractivity contribution in [1.82, 2.24) is 0 Å². The first kappa shape index (κ1) is 15.4. The second-order valence-electron chi connectivity index (χ2n) is 5.29. The van der Waals surface area contributed by atoms with Gasteiger partial charge in [-0.05, 0) is 42.9 Å². The molecule has 1 aromatic carbocycles. The zero-order valence-corrected chi connectivity index (χ0v) is 12.1. The van der Waals surface area contributed by atoms with E-state index >= 15 is 0 Å². The molecule has 0 fully saturated rings. The van der Waals surface area contributed by atoms with Crippen molar-refractivity contribution in [1.29, 1.82) is 0 Å². The number of halogens is 2. The summed E-state index contributed by atoms with van der Waals surface area (Å²) in [5, 5.41) is 0. The lowest BCUT2D eigenvalue weighted by molar-refractivity contribution is -0.231. The van der Waals surface area contributed by atoms with E-state index in [0.29, 0.717) is 0 Å². The molecule has 2 nitrogen and oxygen atoms in total. The molecule has 1 aliphatic rings. The van der Waals surface area contributed by atoms with E-state index in [0.717, 1.165) is 56.9 Å². The Bertz CT molecular complexity index is 446. The smallest absolute Gasteiger partial charge is 0.378 e. The molecule has 0 saturated carbocycles. The van der Waals surface area contributed by atoms with E-state index in [1.54, 1.807) is 12.1 Å². The molecule has 112 valence electrons. The Labute approximate surface area is 119 Å². The molecule has 0 radical (unpaired) electrons. The summed E-state index contributed by atoms with van der Waals surface area (Å²) in [5.41, 5.74) is 2.05.